The number of amides is 1. The summed E-state index contributed by atoms with van der Waals surface area (Å²) in [7, 11) is 0. The molecule has 17 heavy (non-hydrogen) atoms. The van der Waals surface area contributed by atoms with Crippen LogP contribution in [0.2, 0.25) is 0 Å². The number of carbonyl (C=O) groups is 1. The monoisotopic (exact) mass is 233 g/mol. The molecule has 0 bridgehead atoms. The molecular formula is C14H19NO2. The molecule has 1 heterocycles. The molecule has 1 aromatic rings. The van der Waals surface area contributed by atoms with Gasteiger partial charge in [0.1, 0.15) is 0 Å². The fourth-order valence-corrected chi connectivity index (χ4v) is 2.28. The number of hydrogen-bond donors (Lipinski definition) is 2. The molecule has 0 fully saturated rings. The molecule has 0 saturated carbocycles. The van der Waals surface area contributed by atoms with Crippen LogP contribution in [0.25, 0.3) is 0 Å². The molecule has 3 heteroatoms. The van der Waals surface area contributed by atoms with Gasteiger partial charge in [0.2, 0.25) is 5.91 Å². The van der Waals surface area contributed by atoms with Crippen molar-refractivity contribution >= 4 is 11.6 Å². The lowest BCUT2D eigenvalue weighted by molar-refractivity contribution is -0.119. The molecule has 0 aliphatic carbocycles. The predicted molar refractivity (Wildman–Crippen MR) is 68.1 cm³/mol. The van der Waals surface area contributed by atoms with Crippen molar-refractivity contribution in [1.29, 1.82) is 0 Å². The van der Waals surface area contributed by atoms with Gasteiger partial charge in [0.15, 0.2) is 0 Å². The highest BCUT2D eigenvalue weighted by Gasteiger charge is 2.39. The number of carbonyl (C=O) groups excluding carboxylic acids is 1. The fraction of sp³-hybridized carbons (Fsp3) is 0.500. The highest BCUT2D eigenvalue weighted by atomic mass is 16.3. The maximum Gasteiger partial charge on any atom is 0.234 e. The summed E-state index contributed by atoms with van der Waals surface area (Å²) >= 11 is 0. The Morgan fingerprint density at radius 3 is 2.59 bits per heavy atom. The standard InChI is InChI=1S/C14H19NO2/c1-5-9-6-10(8(2)16)7-11-12(9)15-13(17)14(11,3)4/h6-8,16H,5H2,1-4H3,(H,15,17). The normalized spacial score (nSPS) is 18.8. The molecule has 0 radical (unpaired) electrons. The van der Waals surface area contributed by atoms with Gasteiger partial charge in [-0.05, 0) is 43.9 Å². The molecule has 2 N–H and O–H groups in total. The minimum Gasteiger partial charge on any atom is -0.389 e. The van der Waals surface area contributed by atoms with Gasteiger partial charge in [-0.15, -0.1) is 0 Å². The minimum absolute atomic E-state index is 0.0324. The quantitative estimate of drug-likeness (QED) is 0.824. The van der Waals surface area contributed by atoms with Crippen LogP contribution in [0.3, 0.4) is 0 Å². The molecule has 1 unspecified atom stereocenters. The van der Waals surface area contributed by atoms with Crippen molar-refractivity contribution in [3.63, 3.8) is 0 Å². The number of nitrogens with one attached hydrogen (secondary N) is 1. The van der Waals surface area contributed by atoms with Crippen LogP contribution < -0.4 is 5.32 Å². The predicted octanol–water partition coefficient (Wildman–Crippen LogP) is 2.53. The van der Waals surface area contributed by atoms with Gasteiger partial charge in [-0.2, -0.15) is 0 Å². The van der Waals surface area contributed by atoms with E-state index in [2.05, 4.69) is 12.2 Å². The van der Waals surface area contributed by atoms with E-state index in [4.69, 9.17) is 0 Å². The number of benzene rings is 1. The van der Waals surface area contributed by atoms with Crippen molar-refractivity contribution < 1.29 is 9.90 Å². The van der Waals surface area contributed by atoms with Gasteiger partial charge in [-0.3, -0.25) is 4.79 Å². The number of fused-ring (bicyclic) bond motifs is 1. The second-order valence-electron chi connectivity index (χ2n) is 5.21. The van der Waals surface area contributed by atoms with E-state index < -0.39 is 11.5 Å². The summed E-state index contributed by atoms with van der Waals surface area (Å²) in [5.41, 5.74) is 3.40. The van der Waals surface area contributed by atoms with Crippen molar-refractivity contribution in [3.8, 4) is 0 Å². The van der Waals surface area contributed by atoms with Gasteiger partial charge in [-0.1, -0.05) is 19.1 Å². The van der Waals surface area contributed by atoms with Crippen molar-refractivity contribution in [2.45, 2.75) is 45.6 Å². The zero-order valence-electron chi connectivity index (χ0n) is 10.8. The lowest BCUT2D eigenvalue weighted by Crippen LogP contribution is -2.26. The number of hydrogen-bond acceptors (Lipinski definition) is 2. The molecule has 0 spiro atoms. The highest BCUT2D eigenvalue weighted by molar-refractivity contribution is 6.06. The third-order valence-corrected chi connectivity index (χ3v) is 3.59. The Morgan fingerprint density at radius 2 is 2.06 bits per heavy atom. The van der Waals surface area contributed by atoms with Crippen molar-refractivity contribution in [3.05, 3.63) is 28.8 Å². The molecule has 2 rings (SSSR count). The van der Waals surface area contributed by atoms with Gasteiger partial charge in [0, 0.05) is 5.69 Å². The van der Waals surface area contributed by atoms with E-state index in [1.807, 2.05) is 26.0 Å². The zero-order valence-corrected chi connectivity index (χ0v) is 10.8. The zero-order chi connectivity index (χ0) is 12.8. The molecular weight excluding hydrogens is 214 g/mol. The lowest BCUT2D eigenvalue weighted by Gasteiger charge is -2.18. The van der Waals surface area contributed by atoms with E-state index in [0.29, 0.717) is 0 Å². The van der Waals surface area contributed by atoms with Gasteiger partial charge in [0.25, 0.3) is 0 Å². The van der Waals surface area contributed by atoms with Crippen molar-refractivity contribution in [1.82, 2.24) is 0 Å². The molecule has 1 atom stereocenters. The van der Waals surface area contributed by atoms with Crippen LogP contribution in [0.15, 0.2) is 12.1 Å². The summed E-state index contributed by atoms with van der Waals surface area (Å²) in [5, 5.41) is 12.7. The second-order valence-corrected chi connectivity index (χ2v) is 5.21. The van der Waals surface area contributed by atoms with Gasteiger partial charge >= 0.3 is 0 Å². The van der Waals surface area contributed by atoms with Crippen molar-refractivity contribution in [2.24, 2.45) is 0 Å². The van der Waals surface area contributed by atoms with Crippen LogP contribution in [-0.2, 0) is 16.6 Å². The first-order valence-corrected chi connectivity index (χ1v) is 6.04. The van der Waals surface area contributed by atoms with E-state index in [-0.39, 0.29) is 5.91 Å². The summed E-state index contributed by atoms with van der Waals surface area (Å²) in [6.45, 7) is 7.64. The van der Waals surface area contributed by atoms with Crippen LogP contribution in [0, 0.1) is 0 Å². The highest BCUT2D eigenvalue weighted by Crippen LogP contribution is 2.41. The SMILES string of the molecule is CCc1cc(C(C)O)cc2c1NC(=O)C2(C)C. The molecule has 1 aliphatic rings. The second kappa shape index (κ2) is 3.84. The van der Waals surface area contributed by atoms with Crippen LogP contribution >= 0.6 is 0 Å². The molecule has 0 saturated heterocycles. The summed E-state index contributed by atoms with van der Waals surface area (Å²) in [6.07, 6.45) is 0.344. The van der Waals surface area contributed by atoms with Crippen LogP contribution in [-0.4, -0.2) is 11.0 Å². The first-order chi connectivity index (χ1) is 7.87. The smallest absolute Gasteiger partial charge is 0.234 e. The number of aryl methyl sites for hydroxylation is 1. The van der Waals surface area contributed by atoms with Gasteiger partial charge < -0.3 is 10.4 Å². The summed E-state index contributed by atoms with van der Waals surface area (Å²) < 4.78 is 0. The largest absolute Gasteiger partial charge is 0.389 e. The van der Waals surface area contributed by atoms with Crippen LogP contribution in [0.1, 0.15) is 50.5 Å². The third kappa shape index (κ3) is 1.75. The fourth-order valence-electron chi connectivity index (χ4n) is 2.28. The number of anilines is 1. The Kier molecular flexibility index (Phi) is 2.74. The Hall–Kier alpha value is -1.35. The summed E-state index contributed by atoms with van der Waals surface area (Å²) in [4.78, 5) is 11.9. The summed E-state index contributed by atoms with van der Waals surface area (Å²) in [5.74, 6) is 0.0324. The average molecular weight is 233 g/mol. The van der Waals surface area contributed by atoms with E-state index in [1.54, 1.807) is 6.92 Å². The number of aliphatic hydroxyl groups excluding tert-OH is 1. The molecule has 0 aromatic heterocycles. The number of rotatable bonds is 2. The number of aliphatic hydroxyl groups is 1. The Morgan fingerprint density at radius 1 is 1.41 bits per heavy atom. The molecule has 1 aliphatic heterocycles. The topological polar surface area (TPSA) is 49.3 Å². The lowest BCUT2D eigenvalue weighted by atomic mass is 9.83. The van der Waals surface area contributed by atoms with E-state index in [9.17, 15) is 9.90 Å². The van der Waals surface area contributed by atoms with Crippen LogP contribution in [0.5, 0.6) is 0 Å². The van der Waals surface area contributed by atoms with E-state index >= 15 is 0 Å². The minimum atomic E-state index is -0.510. The molecule has 1 aromatic carbocycles. The van der Waals surface area contributed by atoms with Crippen molar-refractivity contribution in [2.75, 3.05) is 5.32 Å². The van der Waals surface area contributed by atoms with Crippen LogP contribution in [0.4, 0.5) is 5.69 Å². The maximum atomic E-state index is 11.9. The average Bonchev–Trinajstić information content (AvgIpc) is 2.49. The molecule has 1 amide bonds. The molecule has 92 valence electrons. The van der Waals surface area contributed by atoms with E-state index in [0.717, 1.165) is 28.8 Å². The summed E-state index contributed by atoms with van der Waals surface area (Å²) in [6, 6.07) is 3.92. The van der Waals surface area contributed by atoms with Gasteiger partial charge in [-0.25, -0.2) is 0 Å². The first kappa shape index (κ1) is 12.1. The molecule has 3 nitrogen and oxygen atoms in total. The third-order valence-electron chi connectivity index (χ3n) is 3.59. The Labute approximate surface area is 102 Å². The van der Waals surface area contributed by atoms with Gasteiger partial charge in [0.05, 0.1) is 11.5 Å². The Balaban J connectivity index is 2.66. The maximum absolute atomic E-state index is 11.9. The van der Waals surface area contributed by atoms with E-state index in [1.165, 1.54) is 0 Å². The Bertz CT molecular complexity index is 475. The first-order valence-electron chi connectivity index (χ1n) is 6.04.